The van der Waals surface area contributed by atoms with Gasteiger partial charge in [0.15, 0.2) is 0 Å². The maximum absolute atomic E-state index is 4.81. The molecule has 0 amide bonds. The molecule has 0 spiro atoms. The van der Waals surface area contributed by atoms with Gasteiger partial charge in [0.05, 0.1) is 5.52 Å². The molecule has 0 saturated heterocycles. The normalized spacial score (nSPS) is 11.5. The Morgan fingerprint density at radius 2 is 1.35 bits per heavy atom. The predicted octanol–water partition coefficient (Wildman–Crippen LogP) is 10.4. The van der Waals surface area contributed by atoms with Crippen LogP contribution in [0.2, 0.25) is 0 Å². The molecule has 3 heterocycles. The first-order valence-corrected chi connectivity index (χ1v) is 16.1. The van der Waals surface area contributed by atoms with Gasteiger partial charge < -0.3 is 0 Å². The minimum absolute atomic E-state index is 1.01. The molecule has 0 aliphatic heterocycles. The Kier molecular flexibility index (Phi) is 5.92. The van der Waals surface area contributed by atoms with Gasteiger partial charge in [0.1, 0.15) is 4.83 Å². The third-order valence-corrected chi connectivity index (χ3v) is 9.90. The zero-order chi connectivity index (χ0) is 24.8. The van der Waals surface area contributed by atoms with E-state index in [0.717, 1.165) is 21.3 Å². The van der Waals surface area contributed by atoms with Crippen molar-refractivity contribution in [2.75, 3.05) is 0 Å². The second kappa shape index (κ2) is 9.56. The Morgan fingerprint density at radius 3 is 2.19 bits per heavy atom. The van der Waals surface area contributed by atoms with Gasteiger partial charge in [0.2, 0.25) is 0 Å². The number of pyridine rings is 2. The van der Waals surface area contributed by atoms with Crippen molar-refractivity contribution in [3.05, 3.63) is 116 Å². The molecule has 3 aromatic heterocycles. The van der Waals surface area contributed by atoms with Crippen LogP contribution in [0.3, 0.4) is 0 Å². The van der Waals surface area contributed by atoms with Gasteiger partial charge in [0, 0.05) is 64.9 Å². The Morgan fingerprint density at radius 1 is 0.622 bits per heavy atom. The maximum atomic E-state index is 4.81. The smallest absolute Gasteiger partial charge is 0.124 e. The summed E-state index contributed by atoms with van der Waals surface area (Å²) < 4.78 is 1.29. The van der Waals surface area contributed by atoms with Gasteiger partial charge in [-0.3, -0.25) is 4.98 Å². The molecule has 176 valence electrons. The van der Waals surface area contributed by atoms with Crippen molar-refractivity contribution < 1.29 is 0 Å². The standard InChI is InChI=1S/C32H19IN2S2/c33-37-26-14-12-20(13-15-26)23-10-11-24-17-25(19-35-30(24)18-23)21-6-8-22(9-7-21)27-3-1-4-28-29-5-2-16-34-32(29)36-31(27)28/h1-19H. The summed E-state index contributed by atoms with van der Waals surface area (Å²) in [6, 6.07) is 37.0. The first kappa shape index (κ1) is 22.9. The molecule has 0 saturated carbocycles. The molecule has 2 nitrogen and oxygen atoms in total. The van der Waals surface area contributed by atoms with Crippen LogP contribution >= 0.6 is 41.5 Å². The zero-order valence-corrected chi connectivity index (χ0v) is 23.3. The fourth-order valence-corrected chi connectivity index (χ4v) is 7.16. The monoisotopic (exact) mass is 622 g/mol. The van der Waals surface area contributed by atoms with Gasteiger partial charge >= 0.3 is 0 Å². The second-order valence-corrected chi connectivity index (χ2v) is 11.9. The van der Waals surface area contributed by atoms with Crippen LogP contribution in [0.25, 0.3) is 64.6 Å². The molecule has 0 atom stereocenters. The van der Waals surface area contributed by atoms with Gasteiger partial charge in [-0.25, -0.2) is 4.98 Å². The number of benzene rings is 4. The third kappa shape index (κ3) is 4.21. The molecule has 0 radical (unpaired) electrons. The van der Waals surface area contributed by atoms with Crippen LogP contribution in [-0.4, -0.2) is 9.97 Å². The number of halogens is 1. The van der Waals surface area contributed by atoms with Gasteiger partial charge in [0.25, 0.3) is 0 Å². The number of aromatic nitrogens is 2. The molecule has 4 aromatic carbocycles. The van der Waals surface area contributed by atoms with E-state index in [1.165, 1.54) is 48.2 Å². The predicted molar refractivity (Wildman–Crippen MR) is 169 cm³/mol. The molecule has 7 rings (SSSR count). The molecule has 7 aromatic rings. The average molecular weight is 623 g/mol. The lowest BCUT2D eigenvalue weighted by atomic mass is 9.98. The molecule has 0 aliphatic carbocycles. The van der Waals surface area contributed by atoms with Crippen LogP contribution in [0, 0.1) is 0 Å². The van der Waals surface area contributed by atoms with E-state index in [2.05, 4.69) is 123 Å². The summed E-state index contributed by atoms with van der Waals surface area (Å²) >= 11 is 4.08. The lowest BCUT2D eigenvalue weighted by molar-refractivity contribution is 1.40. The van der Waals surface area contributed by atoms with E-state index in [-0.39, 0.29) is 0 Å². The molecule has 0 aliphatic rings. The average Bonchev–Trinajstić information content (AvgIpc) is 3.36. The number of thiophene rings is 1. The molecule has 5 heteroatoms. The van der Waals surface area contributed by atoms with Crippen molar-refractivity contribution in [2.45, 2.75) is 4.90 Å². The SMILES string of the molecule is ISc1ccc(-c2ccc3cc(-c4ccc(-c5cccc6c5sc5ncccc56)cc4)cnc3c2)cc1. The molecule has 0 fully saturated rings. The lowest BCUT2D eigenvalue weighted by Crippen LogP contribution is -1.86. The van der Waals surface area contributed by atoms with E-state index in [1.54, 1.807) is 20.3 Å². The Bertz CT molecular complexity index is 1910. The van der Waals surface area contributed by atoms with Crippen molar-refractivity contribution in [3.63, 3.8) is 0 Å². The van der Waals surface area contributed by atoms with Crippen LogP contribution in [0.15, 0.2) is 120 Å². The first-order chi connectivity index (χ1) is 18.3. The molecule has 0 N–H and O–H groups in total. The summed E-state index contributed by atoms with van der Waals surface area (Å²) in [5, 5.41) is 3.64. The van der Waals surface area contributed by atoms with E-state index in [1.807, 2.05) is 18.5 Å². The van der Waals surface area contributed by atoms with Gasteiger partial charge in [-0.1, -0.05) is 75.7 Å². The van der Waals surface area contributed by atoms with E-state index in [0.29, 0.717) is 0 Å². The summed E-state index contributed by atoms with van der Waals surface area (Å²) in [5.41, 5.74) is 8.16. The van der Waals surface area contributed by atoms with Gasteiger partial charge in [-0.2, -0.15) is 0 Å². The van der Waals surface area contributed by atoms with E-state index < -0.39 is 0 Å². The largest absolute Gasteiger partial charge is 0.256 e. The van der Waals surface area contributed by atoms with E-state index in [9.17, 15) is 0 Å². The molecular formula is C32H19IN2S2. The summed E-state index contributed by atoms with van der Waals surface area (Å²) in [6.07, 6.45) is 3.85. The van der Waals surface area contributed by atoms with Crippen LogP contribution in [0.4, 0.5) is 0 Å². The van der Waals surface area contributed by atoms with Crippen molar-refractivity contribution in [1.82, 2.24) is 9.97 Å². The Balaban J connectivity index is 1.21. The third-order valence-electron chi connectivity index (χ3n) is 6.77. The van der Waals surface area contributed by atoms with Crippen molar-refractivity contribution in [1.29, 1.82) is 0 Å². The van der Waals surface area contributed by atoms with Gasteiger partial charge in [-0.05, 0) is 64.2 Å². The van der Waals surface area contributed by atoms with Crippen molar-refractivity contribution in [2.24, 2.45) is 0 Å². The van der Waals surface area contributed by atoms with Crippen molar-refractivity contribution in [3.8, 4) is 33.4 Å². The van der Waals surface area contributed by atoms with Crippen LogP contribution in [0.1, 0.15) is 0 Å². The highest BCUT2D eigenvalue weighted by Gasteiger charge is 2.11. The summed E-state index contributed by atoms with van der Waals surface area (Å²) in [7, 11) is 1.73. The minimum atomic E-state index is 1.01. The molecular weight excluding hydrogens is 603 g/mol. The number of fused-ring (bicyclic) bond motifs is 4. The Hall–Kier alpha value is -3.26. The highest BCUT2D eigenvalue weighted by atomic mass is 127. The first-order valence-electron chi connectivity index (χ1n) is 11.9. The summed E-state index contributed by atoms with van der Waals surface area (Å²) in [5.74, 6) is 0. The number of nitrogens with zero attached hydrogens (tertiary/aromatic N) is 2. The number of hydrogen-bond acceptors (Lipinski definition) is 4. The van der Waals surface area contributed by atoms with Crippen molar-refractivity contribution >= 4 is 72.7 Å². The highest BCUT2D eigenvalue weighted by molar-refractivity contribution is 14.2. The quantitative estimate of drug-likeness (QED) is 0.183. The van der Waals surface area contributed by atoms with E-state index in [4.69, 9.17) is 4.98 Å². The van der Waals surface area contributed by atoms with E-state index >= 15 is 0 Å². The highest BCUT2D eigenvalue weighted by Crippen LogP contribution is 2.39. The fourth-order valence-electron chi connectivity index (χ4n) is 4.86. The minimum Gasteiger partial charge on any atom is -0.256 e. The van der Waals surface area contributed by atoms with Crippen LogP contribution < -0.4 is 0 Å². The summed E-state index contributed by atoms with van der Waals surface area (Å²) in [4.78, 5) is 11.7. The lowest BCUT2D eigenvalue weighted by Gasteiger charge is -2.08. The Labute approximate surface area is 235 Å². The molecule has 37 heavy (non-hydrogen) atoms. The molecule has 0 bridgehead atoms. The van der Waals surface area contributed by atoms with Gasteiger partial charge in [-0.15, -0.1) is 11.3 Å². The zero-order valence-electron chi connectivity index (χ0n) is 19.6. The topological polar surface area (TPSA) is 25.8 Å². The molecule has 0 unspecified atom stereocenters. The summed E-state index contributed by atoms with van der Waals surface area (Å²) in [6.45, 7) is 0. The van der Waals surface area contributed by atoms with Crippen LogP contribution in [0.5, 0.6) is 0 Å². The number of hydrogen-bond donors (Lipinski definition) is 0. The number of rotatable bonds is 4. The fraction of sp³-hybridized carbons (Fsp3) is 0. The second-order valence-electron chi connectivity index (χ2n) is 8.95. The van der Waals surface area contributed by atoms with Crippen LogP contribution in [-0.2, 0) is 0 Å². The maximum Gasteiger partial charge on any atom is 0.124 e.